The van der Waals surface area contributed by atoms with Crippen LogP contribution in [0.3, 0.4) is 0 Å². The molecule has 0 unspecified atom stereocenters. The quantitative estimate of drug-likeness (QED) is 0.373. The lowest BCUT2D eigenvalue weighted by molar-refractivity contribution is 0.322. The van der Waals surface area contributed by atoms with Gasteiger partial charge >= 0.3 is 0 Å². The van der Waals surface area contributed by atoms with E-state index in [9.17, 15) is 8.42 Å². The number of guanidine groups is 1. The van der Waals surface area contributed by atoms with Crippen molar-refractivity contribution >= 4 is 21.7 Å². The fourth-order valence-corrected chi connectivity index (χ4v) is 2.05. The molecule has 0 aliphatic heterocycles. The molecule has 1 aromatic rings. The second-order valence-corrected chi connectivity index (χ2v) is 6.19. The summed E-state index contributed by atoms with van der Waals surface area (Å²) >= 11 is 0. The van der Waals surface area contributed by atoms with Gasteiger partial charge in [0, 0.05) is 12.6 Å². The molecule has 0 saturated carbocycles. The number of hydrogen-bond acceptors (Lipinski definition) is 4. The maximum absolute atomic E-state index is 11.1. The number of rotatable bonds is 8. The van der Waals surface area contributed by atoms with E-state index >= 15 is 0 Å². The first kappa shape index (κ1) is 17.1. The van der Waals surface area contributed by atoms with Gasteiger partial charge in [0.2, 0.25) is 10.0 Å². The number of ether oxygens (including phenoxy) is 1. The first-order chi connectivity index (χ1) is 9.90. The predicted molar refractivity (Wildman–Crippen MR) is 85.2 cm³/mol. The molecule has 0 aromatic heterocycles. The molecule has 0 saturated heterocycles. The number of nitrogens with one attached hydrogen (secondary N) is 2. The van der Waals surface area contributed by atoms with Crippen molar-refractivity contribution in [2.45, 2.75) is 13.3 Å². The van der Waals surface area contributed by atoms with Gasteiger partial charge in [0.15, 0.2) is 5.96 Å². The molecule has 0 spiro atoms. The van der Waals surface area contributed by atoms with Crippen molar-refractivity contribution in [2.75, 3.05) is 30.7 Å². The van der Waals surface area contributed by atoms with E-state index in [0.29, 0.717) is 37.1 Å². The van der Waals surface area contributed by atoms with Crippen LogP contribution in [0.2, 0.25) is 0 Å². The Balaban J connectivity index is 2.41. The Kier molecular flexibility index (Phi) is 6.80. The van der Waals surface area contributed by atoms with Gasteiger partial charge in [-0.3, -0.25) is 9.71 Å². The zero-order valence-corrected chi connectivity index (χ0v) is 13.1. The summed E-state index contributed by atoms with van der Waals surface area (Å²) in [6.45, 7) is 3.63. The van der Waals surface area contributed by atoms with E-state index < -0.39 is 10.0 Å². The van der Waals surface area contributed by atoms with Crippen molar-refractivity contribution in [2.24, 2.45) is 10.7 Å². The molecule has 0 heterocycles. The van der Waals surface area contributed by atoms with Gasteiger partial charge in [-0.25, -0.2) is 8.42 Å². The second-order valence-electron chi connectivity index (χ2n) is 4.44. The topological polar surface area (TPSA) is 106 Å². The average Bonchev–Trinajstić information content (AvgIpc) is 2.40. The zero-order chi connectivity index (χ0) is 15.7. The fraction of sp³-hybridized carbons (Fsp3) is 0.462. The highest BCUT2D eigenvalue weighted by Gasteiger charge is 2.03. The van der Waals surface area contributed by atoms with Gasteiger partial charge in [-0.05, 0) is 18.6 Å². The summed E-state index contributed by atoms with van der Waals surface area (Å²) in [5, 5.41) is 2.93. The first-order valence-electron chi connectivity index (χ1n) is 6.65. The summed E-state index contributed by atoms with van der Waals surface area (Å²) < 4.78 is 30.2. The molecule has 0 amide bonds. The van der Waals surface area contributed by atoms with Crippen molar-refractivity contribution in [1.82, 2.24) is 5.32 Å². The standard InChI is InChI=1S/C13H22N4O3S/c1-3-7-15-13(14)16-8-9-20-12-6-4-5-11(10-12)17-21(2,18)19/h4-6,10,17H,3,7-9H2,1-2H3,(H3,14,15,16). The third-order valence-electron chi connectivity index (χ3n) is 2.32. The molecule has 1 rings (SSSR count). The van der Waals surface area contributed by atoms with Gasteiger partial charge in [-0.1, -0.05) is 13.0 Å². The highest BCUT2D eigenvalue weighted by atomic mass is 32.2. The third-order valence-corrected chi connectivity index (χ3v) is 2.93. The summed E-state index contributed by atoms with van der Waals surface area (Å²) in [6.07, 6.45) is 2.04. The smallest absolute Gasteiger partial charge is 0.229 e. The van der Waals surface area contributed by atoms with Crippen LogP contribution < -0.4 is 20.5 Å². The van der Waals surface area contributed by atoms with Crippen LogP contribution in [0.25, 0.3) is 0 Å². The molecule has 0 bridgehead atoms. The Morgan fingerprint density at radius 3 is 2.86 bits per heavy atom. The minimum atomic E-state index is -3.29. The van der Waals surface area contributed by atoms with Crippen LogP contribution in [0.4, 0.5) is 5.69 Å². The van der Waals surface area contributed by atoms with Crippen LogP contribution in [0.5, 0.6) is 5.75 Å². The summed E-state index contributed by atoms with van der Waals surface area (Å²) in [5.74, 6) is 0.975. The lowest BCUT2D eigenvalue weighted by Crippen LogP contribution is -2.34. The van der Waals surface area contributed by atoms with E-state index in [4.69, 9.17) is 10.5 Å². The number of benzene rings is 1. The minimum Gasteiger partial charge on any atom is -0.492 e. The van der Waals surface area contributed by atoms with Crippen molar-refractivity contribution in [3.05, 3.63) is 24.3 Å². The monoisotopic (exact) mass is 314 g/mol. The van der Waals surface area contributed by atoms with Crippen molar-refractivity contribution in [1.29, 1.82) is 0 Å². The molecule has 21 heavy (non-hydrogen) atoms. The van der Waals surface area contributed by atoms with E-state index in [2.05, 4.69) is 15.0 Å². The van der Waals surface area contributed by atoms with Gasteiger partial charge in [-0.2, -0.15) is 0 Å². The zero-order valence-electron chi connectivity index (χ0n) is 12.3. The Hall–Kier alpha value is -1.96. The summed E-state index contributed by atoms with van der Waals surface area (Å²) in [4.78, 5) is 4.09. The van der Waals surface area contributed by atoms with Crippen LogP contribution in [0.1, 0.15) is 13.3 Å². The maximum atomic E-state index is 11.1. The second kappa shape index (κ2) is 8.35. The number of aliphatic imine (C=N–C) groups is 1. The average molecular weight is 314 g/mol. The van der Waals surface area contributed by atoms with Gasteiger partial charge in [-0.15, -0.1) is 0 Å². The molecule has 8 heteroatoms. The highest BCUT2D eigenvalue weighted by Crippen LogP contribution is 2.17. The molecule has 0 aliphatic carbocycles. The normalized spacial score (nSPS) is 12.0. The Morgan fingerprint density at radius 1 is 1.43 bits per heavy atom. The van der Waals surface area contributed by atoms with E-state index in [1.54, 1.807) is 24.3 Å². The molecule has 7 nitrogen and oxygen atoms in total. The molecule has 118 valence electrons. The Bertz CT molecular complexity index is 573. The summed E-state index contributed by atoms with van der Waals surface area (Å²) in [7, 11) is -3.29. The maximum Gasteiger partial charge on any atom is 0.229 e. The minimum absolute atomic E-state index is 0.394. The van der Waals surface area contributed by atoms with Crippen molar-refractivity contribution < 1.29 is 13.2 Å². The Labute approximate surface area is 125 Å². The SMILES string of the molecule is CCCN=C(N)NCCOc1cccc(NS(C)(=O)=O)c1. The number of anilines is 1. The summed E-state index contributed by atoms with van der Waals surface area (Å²) in [5.41, 5.74) is 6.10. The molecular formula is C13H22N4O3S. The Morgan fingerprint density at radius 2 is 2.19 bits per heavy atom. The van der Waals surface area contributed by atoms with E-state index in [1.807, 2.05) is 6.92 Å². The van der Waals surface area contributed by atoms with E-state index in [1.165, 1.54) is 0 Å². The molecule has 4 N–H and O–H groups in total. The van der Waals surface area contributed by atoms with Crippen LogP contribution in [-0.2, 0) is 10.0 Å². The third kappa shape index (κ3) is 8.03. The molecule has 1 aromatic carbocycles. The number of nitrogens with zero attached hydrogens (tertiary/aromatic N) is 1. The van der Waals surface area contributed by atoms with Crippen LogP contribution >= 0.6 is 0 Å². The molecule has 0 aliphatic rings. The van der Waals surface area contributed by atoms with E-state index in [-0.39, 0.29) is 0 Å². The molecule has 0 fully saturated rings. The predicted octanol–water partition coefficient (Wildman–Crippen LogP) is 0.751. The molecular weight excluding hydrogens is 292 g/mol. The number of hydrogen-bond donors (Lipinski definition) is 3. The lowest BCUT2D eigenvalue weighted by atomic mass is 10.3. The molecule has 0 atom stereocenters. The highest BCUT2D eigenvalue weighted by molar-refractivity contribution is 7.92. The lowest BCUT2D eigenvalue weighted by Gasteiger charge is -2.10. The van der Waals surface area contributed by atoms with Crippen LogP contribution in [-0.4, -0.2) is 40.3 Å². The molecule has 0 radical (unpaired) electrons. The summed E-state index contributed by atoms with van der Waals surface area (Å²) in [6, 6.07) is 6.74. The van der Waals surface area contributed by atoms with Crippen LogP contribution in [0.15, 0.2) is 29.3 Å². The van der Waals surface area contributed by atoms with Gasteiger partial charge in [0.05, 0.1) is 18.5 Å². The van der Waals surface area contributed by atoms with Gasteiger partial charge in [0.1, 0.15) is 12.4 Å². The van der Waals surface area contributed by atoms with Crippen molar-refractivity contribution in [3.63, 3.8) is 0 Å². The van der Waals surface area contributed by atoms with E-state index in [0.717, 1.165) is 12.7 Å². The largest absolute Gasteiger partial charge is 0.492 e. The van der Waals surface area contributed by atoms with Gasteiger partial charge < -0.3 is 15.8 Å². The number of sulfonamides is 1. The fourth-order valence-electron chi connectivity index (χ4n) is 1.50. The first-order valence-corrected chi connectivity index (χ1v) is 8.54. The number of nitrogens with two attached hydrogens (primary N) is 1. The van der Waals surface area contributed by atoms with Crippen molar-refractivity contribution in [3.8, 4) is 5.75 Å². The van der Waals surface area contributed by atoms with Gasteiger partial charge in [0.25, 0.3) is 0 Å². The van der Waals surface area contributed by atoms with Crippen LogP contribution in [0, 0.1) is 0 Å².